The summed E-state index contributed by atoms with van der Waals surface area (Å²) in [4.78, 5) is 0. The molecular formula is C10H19NO2. The molecule has 0 saturated heterocycles. The van der Waals surface area contributed by atoms with Crippen LogP contribution in [-0.4, -0.2) is 30.0 Å². The lowest BCUT2D eigenvalue weighted by Crippen LogP contribution is -2.46. The minimum absolute atomic E-state index is 0.338. The molecule has 3 N–H and O–H groups in total. The third-order valence-electron chi connectivity index (χ3n) is 3.31. The molecule has 0 aromatic heterocycles. The number of nitrogens with two attached hydrogens (primary N) is 1. The Balaban J connectivity index is 1.75. The minimum atomic E-state index is -0.727. The fourth-order valence-corrected chi connectivity index (χ4v) is 1.76. The first-order chi connectivity index (χ1) is 6.24. The van der Waals surface area contributed by atoms with Gasteiger partial charge in [0.25, 0.3) is 0 Å². The maximum atomic E-state index is 10.1. The van der Waals surface area contributed by atoms with Crippen LogP contribution in [0.15, 0.2) is 0 Å². The summed E-state index contributed by atoms with van der Waals surface area (Å²) in [6.45, 7) is 0.781. The van der Waals surface area contributed by atoms with Crippen molar-refractivity contribution in [3.63, 3.8) is 0 Å². The van der Waals surface area contributed by atoms with Crippen LogP contribution >= 0.6 is 0 Å². The second-order valence-corrected chi connectivity index (χ2v) is 4.45. The van der Waals surface area contributed by atoms with Gasteiger partial charge in [-0.1, -0.05) is 0 Å². The SMILES string of the molecule is NCC(O)(COC1CCC1)C1CC1. The van der Waals surface area contributed by atoms with Crippen LogP contribution in [0, 0.1) is 5.92 Å². The van der Waals surface area contributed by atoms with Crippen molar-refractivity contribution >= 4 is 0 Å². The van der Waals surface area contributed by atoms with Crippen molar-refractivity contribution in [2.75, 3.05) is 13.2 Å². The summed E-state index contributed by atoms with van der Waals surface area (Å²) in [6, 6.07) is 0. The van der Waals surface area contributed by atoms with E-state index in [1.54, 1.807) is 0 Å². The Labute approximate surface area is 79.3 Å². The van der Waals surface area contributed by atoms with E-state index in [1.165, 1.54) is 6.42 Å². The Morgan fingerprint density at radius 3 is 2.38 bits per heavy atom. The summed E-state index contributed by atoms with van der Waals surface area (Å²) in [5, 5.41) is 10.1. The fraction of sp³-hybridized carbons (Fsp3) is 1.00. The van der Waals surface area contributed by atoms with Gasteiger partial charge in [0.1, 0.15) is 5.60 Å². The van der Waals surface area contributed by atoms with Crippen molar-refractivity contribution in [1.82, 2.24) is 0 Å². The molecule has 76 valence electrons. The monoisotopic (exact) mass is 185 g/mol. The van der Waals surface area contributed by atoms with Gasteiger partial charge in [-0.05, 0) is 38.0 Å². The fourth-order valence-electron chi connectivity index (χ4n) is 1.76. The van der Waals surface area contributed by atoms with Gasteiger partial charge < -0.3 is 15.6 Å². The van der Waals surface area contributed by atoms with Gasteiger partial charge in [0.2, 0.25) is 0 Å². The average Bonchev–Trinajstić information content (AvgIpc) is 2.83. The smallest absolute Gasteiger partial charge is 0.103 e. The van der Waals surface area contributed by atoms with Crippen molar-refractivity contribution in [2.24, 2.45) is 11.7 Å². The second kappa shape index (κ2) is 3.56. The summed E-state index contributed by atoms with van der Waals surface area (Å²) in [6.07, 6.45) is 6.21. The maximum Gasteiger partial charge on any atom is 0.103 e. The van der Waals surface area contributed by atoms with E-state index in [-0.39, 0.29) is 0 Å². The quantitative estimate of drug-likeness (QED) is 0.661. The second-order valence-electron chi connectivity index (χ2n) is 4.45. The van der Waals surface area contributed by atoms with Gasteiger partial charge in [-0.25, -0.2) is 0 Å². The molecule has 0 radical (unpaired) electrons. The molecule has 1 unspecified atom stereocenters. The van der Waals surface area contributed by atoms with Gasteiger partial charge in [-0.15, -0.1) is 0 Å². The van der Waals surface area contributed by atoms with Crippen LogP contribution in [0.4, 0.5) is 0 Å². The van der Waals surface area contributed by atoms with Gasteiger partial charge in [0.05, 0.1) is 12.7 Å². The van der Waals surface area contributed by atoms with Crippen molar-refractivity contribution in [1.29, 1.82) is 0 Å². The van der Waals surface area contributed by atoms with E-state index >= 15 is 0 Å². The molecule has 2 aliphatic rings. The molecule has 13 heavy (non-hydrogen) atoms. The molecule has 1 atom stereocenters. The van der Waals surface area contributed by atoms with E-state index in [0.29, 0.717) is 25.2 Å². The number of rotatable bonds is 5. The standard InChI is InChI=1S/C10H19NO2/c11-6-10(12,8-4-5-8)7-13-9-2-1-3-9/h8-9,12H,1-7,11H2. The summed E-state index contributed by atoms with van der Waals surface area (Å²) in [5.41, 5.74) is 4.84. The van der Waals surface area contributed by atoms with E-state index in [9.17, 15) is 5.11 Å². The van der Waals surface area contributed by atoms with Crippen LogP contribution in [0.5, 0.6) is 0 Å². The van der Waals surface area contributed by atoms with E-state index in [1.807, 2.05) is 0 Å². The first-order valence-electron chi connectivity index (χ1n) is 5.29. The Morgan fingerprint density at radius 1 is 1.31 bits per heavy atom. The first kappa shape index (κ1) is 9.44. The molecule has 0 bridgehead atoms. The predicted octanol–water partition coefficient (Wildman–Crippen LogP) is 0.655. The molecule has 3 nitrogen and oxygen atoms in total. The van der Waals surface area contributed by atoms with Crippen molar-refractivity contribution in [3.05, 3.63) is 0 Å². The predicted molar refractivity (Wildman–Crippen MR) is 50.3 cm³/mol. The zero-order chi connectivity index (χ0) is 9.31. The molecule has 2 rings (SSSR count). The highest BCUT2D eigenvalue weighted by molar-refractivity contribution is 4.95. The zero-order valence-electron chi connectivity index (χ0n) is 8.04. The Morgan fingerprint density at radius 2 is 2.00 bits per heavy atom. The van der Waals surface area contributed by atoms with Gasteiger partial charge in [-0.2, -0.15) is 0 Å². The highest BCUT2D eigenvalue weighted by Gasteiger charge is 2.43. The molecule has 0 aromatic carbocycles. The third kappa shape index (κ3) is 2.03. The minimum Gasteiger partial charge on any atom is -0.386 e. The van der Waals surface area contributed by atoms with Gasteiger partial charge >= 0.3 is 0 Å². The Bertz CT molecular complexity index is 178. The van der Waals surface area contributed by atoms with Gasteiger partial charge in [0, 0.05) is 6.54 Å². The maximum absolute atomic E-state index is 10.1. The summed E-state index contributed by atoms with van der Waals surface area (Å²) < 4.78 is 5.61. The summed E-state index contributed by atoms with van der Waals surface area (Å²) in [7, 11) is 0. The van der Waals surface area contributed by atoms with Crippen molar-refractivity contribution in [2.45, 2.75) is 43.8 Å². The van der Waals surface area contributed by atoms with Crippen molar-refractivity contribution < 1.29 is 9.84 Å². The number of aliphatic hydroxyl groups is 1. The molecule has 0 aliphatic heterocycles. The highest BCUT2D eigenvalue weighted by Crippen LogP contribution is 2.40. The largest absolute Gasteiger partial charge is 0.386 e. The molecule has 2 fully saturated rings. The van der Waals surface area contributed by atoms with E-state index in [0.717, 1.165) is 25.7 Å². The van der Waals surface area contributed by atoms with Crippen LogP contribution in [0.1, 0.15) is 32.1 Å². The highest BCUT2D eigenvalue weighted by atomic mass is 16.5. The van der Waals surface area contributed by atoms with E-state index in [2.05, 4.69) is 0 Å². The molecule has 2 saturated carbocycles. The first-order valence-corrected chi connectivity index (χ1v) is 5.29. The average molecular weight is 185 g/mol. The van der Waals surface area contributed by atoms with Crippen LogP contribution in [-0.2, 0) is 4.74 Å². The third-order valence-corrected chi connectivity index (χ3v) is 3.31. The lowest BCUT2D eigenvalue weighted by Gasteiger charge is -2.32. The van der Waals surface area contributed by atoms with Crippen LogP contribution in [0.2, 0.25) is 0 Å². The summed E-state index contributed by atoms with van der Waals surface area (Å²) >= 11 is 0. The molecule has 0 aromatic rings. The Kier molecular flexibility index (Phi) is 2.58. The molecular weight excluding hydrogens is 166 g/mol. The molecule has 3 heteroatoms. The van der Waals surface area contributed by atoms with E-state index < -0.39 is 5.60 Å². The van der Waals surface area contributed by atoms with E-state index in [4.69, 9.17) is 10.5 Å². The van der Waals surface area contributed by atoms with Crippen molar-refractivity contribution in [3.8, 4) is 0 Å². The lowest BCUT2D eigenvalue weighted by atomic mass is 9.95. The number of hydrogen-bond donors (Lipinski definition) is 2. The molecule has 0 heterocycles. The number of hydrogen-bond acceptors (Lipinski definition) is 3. The van der Waals surface area contributed by atoms with Crippen LogP contribution in [0.3, 0.4) is 0 Å². The zero-order valence-corrected chi connectivity index (χ0v) is 8.04. The van der Waals surface area contributed by atoms with Crippen LogP contribution in [0.25, 0.3) is 0 Å². The lowest BCUT2D eigenvalue weighted by molar-refractivity contribution is -0.0977. The molecule has 0 amide bonds. The molecule has 0 spiro atoms. The molecule has 2 aliphatic carbocycles. The summed E-state index contributed by atoms with van der Waals surface area (Å²) in [5.74, 6) is 0.401. The van der Waals surface area contributed by atoms with Gasteiger partial charge in [0.15, 0.2) is 0 Å². The Hall–Kier alpha value is -0.120. The number of ether oxygens (including phenoxy) is 1. The van der Waals surface area contributed by atoms with Gasteiger partial charge in [-0.3, -0.25) is 0 Å². The normalized spacial score (nSPS) is 28.2. The van der Waals surface area contributed by atoms with Crippen LogP contribution < -0.4 is 5.73 Å². The topological polar surface area (TPSA) is 55.5 Å².